The quantitative estimate of drug-likeness (QED) is 0.336. The zero-order chi connectivity index (χ0) is 29.1. The molecule has 5 rings (SSSR count). The zero-order valence-electron chi connectivity index (χ0n) is 21.4. The van der Waals surface area contributed by atoms with Gasteiger partial charge < -0.3 is 9.90 Å². The summed E-state index contributed by atoms with van der Waals surface area (Å²) in [5, 5.41) is 11.2. The zero-order valence-corrected chi connectivity index (χ0v) is 22.2. The van der Waals surface area contributed by atoms with E-state index in [1.807, 2.05) is 0 Å². The maximum Gasteiger partial charge on any atom is 0.417 e. The third-order valence-electron chi connectivity index (χ3n) is 7.24. The van der Waals surface area contributed by atoms with Crippen LogP contribution in [0.5, 0.6) is 0 Å². The molecule has 0 N–H and O–H groups in total. The van der Waals surface area contributed by atoms with Crippen molar-refractivity contribution in [2.75, 3.05) is 0 Å². The monoisotopic (exact) mass is 575 g/mol. The Kier molecular flexibility index (Phi) is 6.77. The second-order valence-corrected chi connectivity index (χ2v) is 10.2. The molecule has 13 heteroatoms. The third kappa shape index (κ3) is 4.55. The van der Waals surface area contributed by atoms with E-state index >= 15 is 0 Å². The van der Waals surface area contributed by atoms with Crippen LogP contribution in [0.25, 0.3) is 16.7 Å². The molecule has 1 saturated carbocycles. The lowest BCUT2D eigenvalue weighted by Gasteiger charge is -2.18. The number of fused-ring (bicyclic) bond motifs is 1. The van der Waals surface area contributed by atoms with Crippen LogP contribution in [-0.2, 0) is 32.7 Å². The van der Waals surface area contributed by atoms with Gasteiger partial charge in [-0.05, 0) is 48.9 Å². The molecule has 0 radical (unpaired) electrons. The maximum atomic E-state index is 13.7. The predicted octanol–water partition coefficient (Wildman–Crippen LogP) is 2.71. The molecule has 0 spiro atoms. The lowest BCUT2D eigenvalue weighted by atomic mass is 10.1. The van der Waals surface area contributed by atoms with E-state index in [1.54, 1.807) is 24.6 Å². The van der Waals surface area contributed by atoms with Gasteiger partial charge in [-0.15, -0.1) is 0 Å². The number of carboxylic acid groups (broad SMARTS) is 1. The minimum absolute atomic E-state index is 0.203. The molecule has 0 atom stereocenters. The van der Waals surface area contributed by atoms with Crippen molar-refractivity contribution in [2.24, 2.45) is 13.0 Å². The van der Waals surface area contributed by atoms with Crippen molar-refractivity contribution in [3.63, 3.8) is 0 Å². The molecule has 40 heavy (non-hydrogen) atoms. The van der Waals surface area contributed by atoms with Crippen molar-refractivity contribution >= 4 is 28.6 Å². The van der Waals surface area contributed by atoms with Crippen LogP contribution in [-0.4, -0.2) is 24.2 Å². The summed E-state index contributed by atoms with van der Waals surface area (Å²) < 4.78 is 44.8. The van der Waals surface area contributed by atoms with Crippen LogP contribution in [0.2, 0.25) is 5.02 Å². The summed E-state index contributed by atoms with van der Waals surface area (Å²) in [6.07, 6.45) is -1.63. The Morgan fingerprint density at radius 3 is 2.38 bits per heavy atom. The third-order valence-corrected chi connectivity index (χ3v) is 7.69. The Labute approximate surface area is 229 Å². The largest absolute Gasteiger partial charge is 0.545 e. The van der Waals surface area contributed by atoms with Gasteiger partial charge in [0.2, 0.25) is 0 Å². The van der Waals surface area contributed by atoms with Gasteiger partial charge in [0.05, 0.1) is 45.4 Å². The van der Waals surface area contributed by atoms with Crippen molar-refractivity contribution in [1.29, 1.82) is 0 Å². The van der Waals surface area contributed by atoms with Crippen LogP contribution < -0.4 is 22.0 Å². The van der Waals surface area contributed by atoms with Crippen LogP contribution >= 0.6 is 11.6 Å². The molecule has 2 aromatic heterocycles. The number of rotatable bonds is 7. The number of carbonyl (C=O) groups excluding carboxylic acids is 1. The van der Waals surface area contributed by atoms with Crippen LogP contribution in [0, 0.1) is 5.92 Å². The number of aromatic nitrogens is 4. The number of alkyl halides is 3. The fraction of sp³-hybridized carbons (Fsp3) is 0.333. The van der Waals surface area contributed by atoms with E-state index in [-0.39, 0.29) is 16.9 Å². The number of imidazole rings is 1. The lowest BCUT2D eigenvalue weighted by Crippen LogP contribution is -2.44. The Bertz CT molecular complexity index is 1860. The molecule has 2 aromatic carbocycles. The second kappa shape index (κ2) is 9.84. The van der Waals surface area contributed by atoms with Gasteiger partial charge in [0, 0.05) is 25.4 Å². The summed E-state index contributed by atoms with van der Waals surface area (Å²) in [5.41, 5.74) is -2.73. The summed E-state index contributed by atoms with van der Waals surface area (Å²) in [4.78, 5) is 51.7. The standard InChI is InChI=1S/C27H24ClF3N4O5/c1-3-16-19(9-10-20-22(16)34(11-14-7-8-14)25(39)32(20)2)33-13-17(24(37)38)23(36)35(26(33)40)12-15-5-4-6-18(21(15)28)27(29,30)31/h4-6,9-10,13-14H,3,7-8,11-12H2,1-2H3,(H,37,38)/p-1. The Morgan fingerprint density at radius 1 is 1.07 bits per heavy atom. The highest BCUT2D eigenvalue weighted by Crippen LogP contribution is 2.36. The lowest BCUT2D eigenvalue weighted by molar-refractivity contribution is -0.255. The first-order chi connectivity index (χ1) is 18.8. The van der Waals surface area contributed by atoms with Crippen molar-refractivity contribution in [2.45, 2.75) is 45.5 Å². The van der Waals surface area contributed by atoms with E-state index in [9.17, 15) is 37.5 Å². The van der Waals surface area contributed by atoms with E-state index in [0.29, 0.717) is 40.0 Å². The Balaban J connectivity index is 1.77. The number of carbonyl (C=O) groups is 1. The molecular formula is C27H23ClF3N4O5-. The van der Waals surface area contributed by atoms with Crippen molar-refractivity contribution < 1.29 is 23.1 Å². The molecule has 0 bridgehead atoms. The second-order valence-electron chi connectivity index (χ2n) is 9.83. The molecule has 2 heterocycles. The van der Waals surface area contributed by atoms with Crippen molar-refractivity contribution in [1.82, 2.24) is 18.3 Å². The molecule has 0 amide bonds. The van der Waals surface area contributed by atoms with Crippen molar-refractivity contribution in [3.8, 4) is 5.69 Å². The number of aryl methyl sites for hydroxylation is 2. The Hall–Kier alpha value is -4.06. The minimum Gasteiger partial charge on any atom is -0.545 e. The van der Waals surface area contributed by atoms with Gasteiger partial charge in [-0.25, -0.2) is 9.59 Å². The van der Waals surface area contributed by atoms with E-state index in [4.69, 9.17) is 11.6 Å². The first kappa shape index (κ1) is 27.5. The van der Waals surface area contributed by atoms with Gasteiger partial charge in [0.25, 0.3) is 5.56 Å². The summed E-state index contributed by atoms with van der Waals surface area (Å²) in [7, 11) is 1.63. The summed E-state index contributed by atoms with van der Waals surface area (Å²) in [6, 6.07) is 6.21. The molecule has 1 aliphatic carbocycles. The fourth-order valence-electron chi connectivity index (χ4n) is 5.01. The normalized spacial score (nSPS) is 13.8. The van der Waals surface area contributed by atoms with E-state index in [2.05, 4.69) is 0 Å². The number of carboxylic acids is 1. The van der Waals surface area contributed by atoms with Gasteiger partial charge >= 0.3 is 17.6 Å². The number of nitrogens with zero attached hydrogens (tertiary/aromatic N) is 4. The molecule has 0 aliphatic heterocycles. The highest BCUT2D eigenvalue weighted by atomic mass is 35.5. The summed E-state index contributed by atoms with van der Waals surface area (Å²) >= 11 is 5.99. The first-order valence-electron chi connectivity index (χ1n) is 12.5. The molecule has 0 unspecified atom stereocenters. The first-order valence-corrected chi connectivity index (χ1v) is 12.9. The van der Waals surface area contributed by atoms with E-state index in [1.165, 1.54) is 16.7 Å². The minimum atomic E-state index is -4.79. The van der Waals surface area contributed by atoms with Gasteiger partial charge in [-0.3, -0.25) is 23.1 Å². The number of hydrogen-bond donors (Lipinski definition) is 0. The number of hydrogen-bond acceptors (Lipinski definition) is 5. The SMILES string of the molecule is CCc1c(-n2cc(C(=O)[O-])c(=O)n(Cc3cccc(C(F)(F)F)c3Cl)c2=O)ccc2c1n(CC1CC1)c(=O)n2C. The van der Waals surface area contributed by atoms with Crippen LogP contribution in [0.1, 0.15) is 46.8 Å². The summed E-state index contributed by atoms with van der Waals surface area (Å²) in [6.45, 7) is 1.57. The van der Waals surface area contributed by atoms with Gasteiger partial charge in [0.1, 0.15) is 0 Å². The highest BCUT2D eigenvalue weighted by molar-refractivity contribution is 6.32. The number of halogens is 4. The number of aromatic carboxylic acids is 1. The number of benzene rings is 2. The van der Waals surface area contributed by atoms with Gasteiger partial charge in [0.15, 0.2) is 0 Å². The van der Waals surface area contributed by atoms with Crippen LogP contribution in [0.3, 0.4) is 0 Å². The predicted molar refractivity (Wildman–Crippen MR) is 139 cm³/mol. The molecule has 1 fully saturated rings. The smallest absolute Gasteiger partial charge is 0.417 e. The van der Waals surface area contributed by atoms with E-state index < -0.39 is 46.1 Å². The van der Waals surface area contributed by atoms with E-state index in [0.717, 1.165) is 35.7 Å². The Morgan fingerprint density at radius 2 is 1.77 bits per heavy atom. The molecule has 0 saturated heterocycles. The fourth-order valence-corrected chi connectivity index (χ4v) is 5.31. The average molecular weight is 576 g/mol. The van der Waals surface area contributed by atoms with Crippen LogP contribution in [0.15, 0.2) is 50.9 Å². The van der Waals surface area contributed by atoms with Crippen molar-refractivity contribution in [3.05, 3.63) is 95.1 Å². The highest BCUT2D eigenvalue weighted by Gasteiger charge is 2.34. The van der Waals surface area contributed by atoms with Crippen LogP contribution in [0.4, 0.5) is 13.2 Å². The molecule has 210 valence electrons. The molecule has 4 aromatic rings. The average Bonchev–Trinajstić information content (AvgIpc) is 3.68. The molecule has 9 nitrogen and oxygen atoms in total. The molecular weight excluding hydrogens is 553 g/mol. The summed E-state index contributed by atoms with van der Waals surface area (Å²) in [5.74, 6) is -1.52. The van der Waals surface area contributed by atoms with Gasteiger partial charge in [-0.1, -0.05) is 30.7 Å². The topological polar surface area (TPSA) is 111 Å². The molecule has 1 aliphatic rings. The maximum absolute atomic E-state index is 13.7. The van der Waals surface area contributed by atoms with Gasteiger partial charge in [-0.2, -0.15) is 13.2 Å².